The lowest BCUT2D eigenvalue weighted by atomic mass is 10.0. The average molecular weight is 260 g/mol. The van der Waals surface area contributed by atoms with Crippen molar-refractivity contribution in [3.63, 3.8) is 0 Å². The first-order valence-electron chi connectivity index (χ1n) is 6.99. The van der Waals surface area contributed by atoms with Gasteiger partial charge in [-0.15, -0.1) is 0 Å². The number of rotatable bonds is 7. The van der Waals surface area contributed by atoms with Gasteiger partial charge < -0.3 is 15.0 Å². The molecule has 0 bridgehead atoms. The van der Waals surface area contributed by atoms with Crippen LogP contribution in [-0.4, -0.2) is 31.3 Å². The van der Waals surface area contributed by atoms with E-state index in [9.17, 15) is 0 Å². The van der Waals surface area contributed by atoms with Crippen LogP contribution in [0.15, 0.2) is 30.5 Å². The van der Waals surface area contributed by atoms with Crippen LogP contribution in [0.4, 0.5) is 0 Å². The molecule has 0 radical (unpaired) electrons. The number of benzene rings is 1. The standard InChI is InChI=1S/C16H24N2O/c1-12(2)16(11-19-3)17-9-8-13-10-18-15-7-5-4-6-14(13)15/h4-7,10,12,16-18H,8-9,11H2,1-3H3. The summed E-state index contributed by atoms with van der Waals surface area (Å²) in [6.07, 6.45) is 3.16. The Kier molecular flexibility index (Phi) is 5.00. The zero-order chi connectivity index (χ0) is 13.7. The lowest BCUT2D eigenvalue weighted by molar-refractivity contribution is 0.147. The molecule has 0 fully saturated rings. The summed E-state index contributed by atoms with van der Waals surface area (Å²) in [4.78, 5) is 3.32. The van der Waals surface area contributed by atoms with Crippen molar-refractivity contribution >= 4 is 10.9 Å². The van der Waals surface area contributed by atoms with Crippen LogP contribution in [-0.2, 0) is 11.2 Å². The molecule has 1 atom stereocenters. The molecule has 3 heteroatoms. The summed E-state index contributed by atoms with van der Waals surface area (Å²) in [7, 11) is 1.76. The van der Waals surface area contributed by atoms with Crippen LogP contribution < -0.4 is 5.32 Å². The molecule has 0 saturated heterocycles. The number of H-pyrrole nitrogens is 1. The van der Waals surface area contributed by atoms with Crippen molar-refractivity contribution in [1.82, 2.24) is 10.3 Å². The quantitative estimate of drug-likeness (QED) is 0.803. The third-order valence-corrected chi connectivity index (χ3v) is 3.63. The highest BCUT2D eigenvalue weighted by molar-refractivity contribution is 5.83. The van der Waals surface area contributed by atoms with Gasteiger partial charge in [0.1, 0.15) is 0 Å². The lowest BCUT2D eigenvalue weighted by Crippen LogP contribution is -2.38. The SMILES string of the molecule is COCC(NCCc1c[nH]c2ccccc12)C(C)C. The van der Waals surface area contributed by atoms with Crippen molar-refractivity contribution in [2.45, 2.75) is 26.3 Å². The van der Waals surface area contributed by atoms with Crippen molar-refractivity contribution in [3.8, 4) is 0 Å². The van der Waals surface area contributed by atoms with E-state index in [1.807, 2.05) is 0 Å². The average Bonchev–Trinajstić information content (AvgIpc) is 2.81. The van der Waals surface area contributed by atoms with Crippen molar-refractivity contribution in [2.75, 3.05) is 20.3 Å². The van der Waals surface area contributed by atoms with Crippen LogP contribution in [0.2, 0.25) is 0 Å². The Bertz CT molecular complexity index is 504. The van der Waals surface area contributed by atoms with Gasteiger partial charge in [-0.2, -0.15) is 0 Å². The van der Waals surface area contributed by atoms with Crippen LogP contribution in [0, 0.1) is 5.92 Å². The van der Waals surface area contributed by atoms with Gasteiger partial charge >= 0.3 is 0 Å². The van der Waals surface area contributed by atoms with Gasteiger partial charge in [-0.3, -0.25) is 0 Å². The minimum absolute atomic E-state index is 0.426. The number of nitrogens with one attached hydrogen (secondary N) is 2. The van der Waals surface area contributed by atoms with Gasteiger partial charge in [0.05, 0.1) is 6.61 Å². The second kappa shape index (κ2) is 6.73. The fourth-order valence-electron chi connectivity index (χ4n) is 2.40. The number of ether oxygens (including phenoxy) is 1. The molecule has 104 valence electrons. The number of hydrogen-bond acceptors (Lipinski definition) is 2. The summed E-state index contributed by atoms with van der Waals surface area (Å²) in [6.45, 7) is 6.20. The highest BCUT2D eigenvalue weighted by atomic mass is 16.5. The summed E-state index contributed by atoms with van der Waals surface area (Å²) in [5, 5.41) is 4.91. The Hall–Kier alpha value is -1.32. The molecular formula is C16H24N2O. The van der Waals surface area contributed by atoms with E-state index in [1.54, 1.807) is 7.11 Å². The molecule has 0 spiro atoms. The molecule has 2 N–H and O–H groups in total. The lowest BCUT2D eigenvalue weighted by Gasteiger charge is -2.21. The molecule has 0 saturated carbocycles. The monoisotopic (exact) mass is 260 g/mol. The van der Waals surface area contributed by atoms with Gasteiger partial charge in [0, 0.05) is 30.3 Å². The van der Waals surface area contributed by atoms with Crippen LogP contribution in [0.3, 0.4) is 0 Å². The summed E-state index contributed by atoms with van der Waals surface area (Å²) in [5.74, 6) is 0.586. The Labute approximate surface area is 115 Å². The molecule has 1 aromatic heterocycles. The molecule has 1 heterocycles. The topological polar surface area (TPSA) is 37.0 Å². The highest BCUT2D eigenvalue weighted by Gasteiger charge is 2.12. The largest absolute Gasteiger partial charge is 0.383 e. The summed E-state index contributed by atoms with van der Waals surface area (Å²) in [6, 6.07) is 8.88. The van der Waals surface area contributed by atoms with Gasteiger partial charge in [0.2, 0.25) is 0 Å². The molecule has 0 aliphatic rings. The highest BCUT2D eigenvalue weighted by Crippen LogP contribution is 2.17. The van der Waals surface area contributed by atoms with E-state index in [-0.39, 0.29) is 0 Å². The third-order valence-electron chi connectivity index (χ3n) is 3.63. The predicted molar refractivity (Wildman–Crippen MR) is 80.5 cm³/mol. The molecule has 2 rings (SSSR count). The number of para-hydroxylation sites is 1. The Morgan fingerprint density at radius 1 is 1.26 bits per heavy atom. The van der Waals surface area contributed by atoms with Gasteiger partial charge in [0.15, 0.2) is 0 Å². The maximum atomic E-state index is 5.25. The number of fused-ring (bicyclic) bond motifs is 1. The predicted octanol–water partition coefficient (Wildman–Crippen LogP) is 2.97. The zero-order valence-corrected chi connectivity index (χ0v) is 12.1. The first-order valence-corrected chi connectivity index (χ1v) is 6.99. The van der Waals surface area contributed by atoms with Crippen LogP contribution in [0.5, 0.6) is 0 Å². The Balaban J connectivity index is 1.91. The molecular weight excluding hydrogens is 236 g/mol. The fourth-order valence-corrected chi connectivity index (χ4v) is 2.40. The maximum Gasteiger partial charge on any atom is 0.0618 e. The van der Waals surface area contributed by atoms with Crippen molar-refractivity contribution < 1.29 is 4.74 Å². The number of hydrogen-bond donors (Lipinski definition) is 2. The zero-order valence-electron chi connectivity index (χ0n) is 12.1. The number of aromatic nitrogens is 1. The first kappa shape index (κ1) is 14.1. The summed E-state index contributed by atoms with van der Waals surface area (Å²) < 4.78 is 5.25. The van der Waals surface area contributed by atoms with Crippen molar-refractivity contribution in [1.29, 1.82) is 0 Å². The number of methoxy groups -OCH3 is 1. The van der Waals surface area contributed by atoms with E-state index in [0.29, 0.717) is 12.0 Å². The summed E-state index contributed by atoms with van der Waals surface area (Å²) in [5.41, 5.74) is 2.60. The maximum absolute atomic E-state index is 5.25. The van der Waals surface area contributed by atoms with Gasteiger partial charge in [-0.25, -0.2) is 0 Å². The third kappa shape index (κ3) is 3.58. The first-order chi connectivity index (χ1) is 9.22. The molecule has 0 aliphatic carbocycles. The molecule has 1 aromatic carbocycles. The van der Waals surface area contributed by atoms with Gasteiger partial charge in [-0.1, -0.05) is 32.0 Å². The fraction of sp³-hybridized carbons (Fsp3) is 0.500. The Morgan fingerprint density at radius 2 is 2.05 bits per heavy atom. The molecule has 2 aromatic rings. The second-order valence-electron chi connectivity index (χ2n) is 5.37. The molecule has 0 amide bonds. The van der Waals surface area contributed by atoms with E-state index in [0.717, 1.165) is 19.6 Å². The van der Waals surface area contributed by atoms with E-state index >= 15 is 0 Å². The smallest absolute Gasteiger partial charge is 0.0618 e. The van der Waals surface area contributed by atoms with E-state index in [1.165, 1.54) is 16.5 Å². The minimum Gasteiger partial charge on any atom is -0.383 e. The van der Waals surface area contributed by atoms with E-state index in [4.69, 9.17) is 4.74 Å². The van der Waals surface area contributed by atoms with Crippen LogP contribution in [0.1, 0.15) is 19.4 Å². The minimum atomic E-state index is 0.426. The van der Waals surface area contributed by atoms with Crippen molar-refractivity contribution in [2.24, 2.45) is 5.92 Å². The molecule has 19 heavy (non-hydrogen) atoms. The Morgan fingerprint density at radius 3 is 2.79 bits per heavy atom. The number of aromatic amines is 1. The van der Waals surface area contributed by atoms with Gasteiger partial charge in [-0.05, 0) is 30.5 Å². The molecule has 1 unspecified atom stereocenters. The van der Waals surface area contributed by atoms with E-state index < -0.39 is 0 Å². The normalized spacial score (nSPS) is 13.3. The van der Waals surface area contributed by atoms with Crippen LogP contribution in [0.25, 0.3) is 10.9 Å². The van der Waals surface area contributed by atoms with E-state index in [2.05, 4.69) is 54.6 Å². The molecule has 0 aliphatic heterocycles. The van der Waals surface area contributed by atoms with Gasteiger partial charge in [0.25, 0.3) is 0 Å². The second-order valence-corrected chi connectivity index (χ2v) is 5.37. The van der Waals surface area contributed by atoms with Crippen LogP contribution >= 0.6 is 0 Å². The summed E-state index contributed by atoms with van der Waals surface area (Å²) >= 11 is 0. The van der Waals surface area contributed by atoms with Crippen molar-refractivity contribution in [3.05, 3.63) is 36.0 Å². The molecule has 3 nitrogen and oxygen atoms in total.